The zero-order chi connectivity index (χ0) is 18.7. The van der Waals surface area contributed by atoms with Gasteiger partial charge in [-0.25, -0.2) is 14.3 Å². The molecule has 0 saturated carbocycles. The molecule has 0 unspecified atom stereocenters. The van der Waals surface area contributed by atoms with Gasteiger partial charge in [-0.3, -0.25) is 4.79 Å². The van der Waals surface area contributed by atoms with Gasteiger partial charge in [-0.05, 0) is 37.6 Å². The summed E-state index contributed by atoms with van der Waals surface area (Å²) in [6, 6.07) is 7.11. The highest BCUT2D eigenvalue weighted by molar-refractivity contribution is 5.99. The number of hydrogen-bond acceptors (Lipinski definition) is 6. The van der Waals surface area contributed by atoms with Gasteiger partial charge < -0.3 is 14.8 Å². The zero-order valence-corrected chi connectivity index (χ0v) is 14.6. The normalized spacial score (nSPS) is 10.6. The van der Waals surface area contributed by atoms with E-state index < -0.39 is 18.5 Å². The number of hydrogen-bond donors (Lipinski definition) is 1. The average Bonchev–Trinajstić information content (AvgIpc) is 2.95. The molecule has 0 bridgehead atoms. The van der Waals surface area contributed by atoms with Crippen molar-refractivity contribution < 1.29 is 19.1 Å². The number of anilines is 1. The first-order valence-corrected chi connectivity index (χ1v) is 7.91. The van der Waals surface area contributed by atoms with E-state index in [4.69, 9.17) is 9.47 Å². The number of fused-ring (bicyclic) bond motifs is 1. The van der Waals surface area contributed by atoms with E-state index in [-0.39, 0.29) is 5.56 Å². The Balaban J connectivity index is 1.69. The van der Waals surface area contributed by atoms with Gasteiger partial charge in [-0.15, -0.1) is 0 Å². The molecular formula is C18H18N4O4. The summed E-state index contributed by atoms with van der Waals surface area (Å²) in [4.78, 5) is 28.6. The molecular weight excluding hydrogens is 336 g/mol. The Morgan fingerprint density at radius 1 is 1.27 bits per heavy atom. The average molecular weight is 354 g/mol. The van der Waals surface area contributed by atoms with Crippen molar-refractivity contribution in [3.63, 3.8) is 0 Å². The lowest BCUT2D eigenvalue weighted by atomic mass is 10.2. The molecule has 1 aromatic carbocycles. The van der Waals surface area contributed by atoms with Gasteiger partial charge in [0.2, 0.25) is 0 Å². The molecule has 0 aliphatic carbocycles. The number of aryl methyl sites for hydroxylation is 2. The summed E-state index contributed by atoms with van der Waals surface area (Å²) >= 11 is 0. The van der Waals surface area contributed by atoms with E-state index in [1.807, 2.05) is 13.0 Å². The molecule has 0 atom stereocenters. The zero-order valence-electron chi connectivity index (χ0n) is 14.6. The smallest absolute Gasteiger partial charge is 0.344 e. The molecule has 0 saturated heterocycles. The SMILES string of the molecule is COc1ccc(C)cc1NC(=O)COC(=O)c1c(C)nn2cccnc12. The van der Waals surface area contributed by atoms with Gasteiger partial charge in [0.05, 0.1) is 18.5 Å². The molecule has 2 aromatic heterocycles. The lowest BCUT2D eigenvalue weighted by Crippen LogP contribution is -2.21. The largest absolute Gasteiger partial charge is 0.495 e. The second kappa shape index (κ2) is 7.22. The summed E-state index contributed by atoms with van der Waals surface area (Å²) < 4.78 is 11.8. The number of nitrogens with one attached hydrogen (secondary N) is 1. The Bertz CT molecular complexity index is 980. The number of benzene rings is 1. The molecule has 3 aromatic rings. The van der Waals surface area contributed by atoms with E-state index in [0.29, 0.717) is 22.8 Å². The first-order valence-electron chi connectivity index (χ1n) is 7.91. The molecule has 0 aliphatic rings. The number of aromatic nitrogens is 3. The van der Waals surface area contributed by atoms with Crippen LogP contribution in [0.25, 0.3) is 5.65 Å². The third-order valence-electron chi connectivity index (χ3n) is 3.74. The molecule has 0 radical (unpaired) electrons. The van der Waals surface area contributed by atoms with Crippen LogP contribution in [0.2, 0.25) is 0 Å². The standard InChI is InChI=1S/C18H18N4O4/c1-11-5-6-14(25-3)13(9-11)20-15(23)10-26-18(24)16-12(2)21-22-8-4-7-19-17(16)22/h4-9H,10H2,1-3H3,(H,20,23). The minimum atomic E-state index is -0.650. The molecule has 0 fully saturated rings. The fourth-order valence-corrected chi connectivity index (χ4v) is 2.54. The maximum atomic E-state index is 12.4. The first kappa shape index (κ1) is 17.4. The van der Waals surface area contributed by atoms with Crippen molar-refractivity contribution in [2.24, 2.45) is 0 Å². The number of rotatable bonds is 5. The summed E-state index contributed by atoms with van der Waals surface area (Å²) in [7, 11) is 1.52. The highest BCUT2D eigenvalue weighted by Gasteiger charge is 2.20. The monoisotopic (exact) mass is 354 g/mol. The summed E-state index contributed by atoms with van der Waals surface area (Å²) in [5.41, 5.74) is 2.59. The topological polar surface area (TPSA) is 94.8 Å². The number of nitrogens with zero attached hydrogens (tertiary/aromatic N) is 3. The molecule has 8 nitrogen and oxygen atoms in total. The second-order valence-electron chi connectivity index (χ2n) is 5.68. The predicted octanol–water partition coefficient (Wildman–Crippen LogP) is 2.15. The van der Waals surface area contributed by atoms with E-state index in [0.717, 1.165) is 5.56 Å². The van der Waals surface area contributed by atoms with Crippen molar-refractivity contribution in [2.75, 3.05) is 19.0 Å². The van der Waals surface area contributed by atoms with Crippen LogP contribution in [-0.2, 0) is 9.53 Å². The quantitative estimate of drug-likeness (QED) is 0.706. The van der Waals surface area contributed by atoms with Crippen molar-refractivity contribution in [1.82, 2.24) is 14.6 Å². The van der Waals surface area contributed by atoms with Crippen LogP contribution in [0, 0.1) is 13.8 Å². The van der Waals surface area contributed by atoms with Crippen molar-refractivity contribution in [3.8, 4) is 5.75 Å². The molecule has 0 spiro atoms. The minimum absolute atomic E-state index is 0.242. The number of methoxy groups -OCH3 is 1. The molecule has 134 valence electrons. The number of ether oxygens (including phenoxy) is 2. The third-order valence-corrected chi connectivity index (χ3v) is 3.74. The molecule has 1 amide bonds. The van der Waals surface area contributed by atoms with Crippen molar-refractivity contribution >= 4 is 23.2 Å². The van der Waals surface area contributed by atoms with Gasteiger partial charge in [0, 0.05) is 12.4 Å². The third kappa shape index (κ3) is 3.49. The van der Waals surface area contributed by atoms with Crippen molar-refractivity contribution in [3.05, 3.63) is 53.5 Å². The highest BCUT2D eigenvalue weighted by atomic mass is 16.5. The van der Waals surface area contributed by atoms with Crippen LogP contribution in [0.5, 0.6) is 5.75 Å². The van der Waals surface area contributed by atoms with E-state index in [1.165, 1.54) is 11.6 Å². The van der Waals surface area contributed by atoms with Crippen LogP contribution >= 0.6 is 0 Å². The molecule has 8 heteroatoms. The lowest BCUT2D eigenvalue weighted by molar-refractivity contribution is -0.119. The Hall–Kier alpha value is -3.42. The fraction of sp³-hybridized carbons (Fsp3) is 0.222. The molecule has 2 heterocycles. The minimum Gasteiger partial charge on any atom is -0.495 e. The number of carbonyl (C=O) groups excluding carboxylic acids is 2. The van der Waals surface area contributed by atoms with Crippen molar-refractivity contribution in [2.45, 2.75) is 13.8 Å². The number of esters is 1. The van der Waals surface area contributed by atoms with E-state index in [1.54, 1.807) is 37.5 Å². The van der Waals surface area contributed by atoms with Gasteiger partial charge in [-0.2, -0.15) is 5.10 Å². The fourth-order valence-electron chi connectivity index (χ4n) is 2.54. The summed E-state index contributed by atoms with van der Waals surface area (Å²) in [5.74, 6) is -0.593. The van der Waals surface area contributed by atoms with Crippen LogP contribution in [0.4, 0.5) is 5.69 Å². The van der Waals surface area contributed by atoms with Crippen LogP contribution in [0.15, 0.2) is 36.7 Å². The Kier molecular flexibility index (Phi) is 4.83. The van der Waals surface area contributed by atoms with E-state index in [9.17, 15) is 9.59 Å². The van der Waals surface area contributed by atoms with Gasteiger partial charge in [0.1, 0.15) is 11.3 Å². The van der Waals surface area contributed by atoms with Gasteiger partial charge in [0.25, 0.3) is 5.91 Å². The first-order chi connectivity index (χ1) is 12.5. The van der Waals surface area contributed by atoms with Crippen molar-refractivity contribution in [1.29, 1.82) is 0 Å². The molecule has 26 heavy (non-hydrogen) atoms. The summed E-state index contributed by atoms with van der Waals surface area (Å²) in [6.45, 7) is 3.15. The number of carbonyl (C=O) groups is 2. The van der Waals surface area contributed by atoms with E-state index >= 15 is 0 Å². The van der Waals surface area contributed by atoms with E-state index in [2.05, 4.69) is 15.4 Å². The van der Waals surface area contributed by atoms with Gasteiger partial charge in [0.15, 0.2) is 12.3 Å². The maximum Gasteiger partial charge on any atom is 0.344 e. The maximum absolute atomic E-state index is 12.4. The van der Waals surface area contributed by atoms with Crippen LogP contribution in [0.3, 0.4) is 0 Å². The Labute approximate surface area is 149 Å². The summed E-state index contributed by atoms with van der Waals surface area (Å²) in [5, 5.41) is 6.87. The lowest BCUT2D eigenvalue weighted by Gasteiger charge is -2.11. The molecule has 1 N–H and O–H groups in total. The second-order valence-corrected chi connectivity index (χ2v) is 5.68. The molecule has 0 aliphatic heterocycles. The summed E-state index contributed by atoms with van der Waals surface area (Å²) in [6.07, 6.45) is 3.24. The van der Waals surface area contributed by atoms with Crippen LogP contribution in [-0.4, -0.2) is 40.2 Å². The Morgan fingerprint density at radius 3 is 2.85 bits per heavy atom. The number of amides is 1. The van der Waals surface area contributed by atoms with Gasteiger partial charge >= 0.3 is 5.97 Å². The van der Waals surface area contributed by atoms with Gasteiger partial charge in [-0.1, -0.05) is 6.07 Å². The Morgan fingerprint density at radius 2 is 2.08 bits per heavy atom. The van der Waals surface area contributed by atoms with Crippen LogP contribution < -0.4 is 10.1 Å². The predicted molar refractivity (Wildman–Crippen MR) is 94.4 cm³/mol. The van der Waals surface area contributed by atoms with Crippen LogP contribution in [0.1, 0.15) is 21.6 Å². The highest BCUT2D eigenvalue weighted by Crippen LogP contribution is 2.25. The molecule has 3 rings (SSSR count).